The number of carbonyl (C=O) groups excluding carboxylic acids is 2. The minimum atomic E-state index is -0.522. The number of esters is 1. The summed E-state index contributed by atoms with van der Waals surface area (Å²) in [4.78, 5) is 26.4. The maximum Gasteiger partial charge on any atom is 0.336 e. The highest BCUT2D eigenvalue weighted by atomic mass is 35.5. The molecule has 31 heavy (non-hydrogen) atoms. The van der Waals surface area contributed by atoms with Crippen molar-refractivity contribution in [3.63, 3.8) is 0 Å². The van der Waals surface area contributed by atoms with Crippen LogP contribution in [0.1, 0.15) is 43.2 Å². The molecule has 3 atom stereocenters. The normalized spacial score (nSPS) is 23.0. The first-order chi connectivity index (χ1) is 14.9. The standard InChI is InChI=1S/C25H23Cl2NO3/c1-3-31-25(30)22-14(2)28-20-12-16(15-8-10-17(26)11-9-15)13-21(29)24(20)23(22)18-6-4-5-7-19(18)27/h4-12,16,23-24,28H,3,13H2,1-2H3. The molecule has 0 fully saturated rings. The Balaban J connectivity index is 1.84. The van der Waals surface area contributed by atoms with Crippen LogP contribution in [0, 0.1) is 5.92 Å². The Morgan fingerprint density at radius 2 is 1.81 bits per heavy atom. The van der Waals surface area contributed by atoms with E-state index in [2.05, 4.69) is 11.4 Å². The summed E-state index contributed by atoms with van der Waals surface area (Å²) in [7, 11) is 0. The van der Waals surface area contributed by atoms with Crippen LogP contribution in [0.3, 0.4) is 0 Å². The molecule has 160 valence electrons. The average molecular weight is 456 g/mol. The second kappa shape index (κ2) is 8.89. The predicted molar refractivity (Wildman–Crippen MR) is 122 cm³/mol. The van der Waals surface area contributed by atoms with Crippen molar-refractivity contribution in [2.45, 2.75) is 32.1 Å². The molecule has 3 unspecified atom stereocenters. The highest BCUT2D eigenvalue weighted by Gasteiger charge is 2.45. The van der Waals surface area contributed by atoms with Gasteiger partial charge in [0.25, 0.3) is 0 Å². The molecule has 0 radical (unpaired) electrons. The van der Waals surface area contributed by atoms with Gasteiger partial charge in [0, 0.05) is 39.7 Å². The molecule has 4 rings (SSSR count). The molecule has 2 aromatic rings. The van der Waals surface area contributed by atoms with Gasteiger partial charge in [-0.2, -0.15) is 0 Å². The Kier molecular flexibility index (Phi) is 6.22. The van der Waals surface area contributed by atoms with Gasteiger partial charge in [0.05, 0.1) is 18.1 Å². The number of benzene rings is 2. The van der Waals surface area contributed by atoms with Crippen LogP contribution >= 0.6 is 23.2 Å². The zero-order chi connectivity index (χ0) is 22.1. The van der Waals surface area contributed by atoms with Gasteiger partial charge in [-0.05, 0) is 43.2 Å². The lowest BCUT2D eigenvalue weighted by Gasteiger charge is -2.39. The molecule has 0 bridgehead atoms. The fourth-order valence-electron chi connectivity index (χ4n) is 4.54. The van der Waals surface area contributed by atoms with Crippen molar-refractivity contribution in [1.29, 1.82) is 0 Å². The fourth-order valence-corrected chi connectivity index (χ4v) is 4.92. The Bertz CT molecular complexity index is 1090. The van der Waals surface area contributed by atoms with Crippen molar-refractivity contribution in [1.82, 2.24) is 5.32 Å². The number of halogens is 2. The molecule has 1 heterocycles. The SMILES string of the molecule is CCOC(=O)C1=C(C)NC2=CC(c3ccc(Cl)cc3)CC(=O)C2C1c1ccccc1Cl. The molecule has 0 saturated carbocycles. The van der Waals surface area contributed by atoms with E-state index in [1.165, 1.54) is 0 Å². The first-order valence-electron chi connectivity index (χ1n) is 10.3. The second-order valence-corrected chi connectivity index (χ2v) is 8.66. The van der Waals surface area contributed by atoms with E-state index in [1.54, 1.807) is 13.0 Å². The van der Waals surface area contributed by atoms with Gasteiger partial charge >= 0.3 is 5.97 Å². The molecule has 4 nitrogen and oxygen atoms in total. The summed E-state index contributed by atoms with van der Waals surface area (Å²) in [5.74, 6) is -1.45. The number of rotatable bonds is 4. The van der Waals surface area contributed by atoms with Crippen LogP contribution in [-0.2, 0) is 14.3 Å². The maximum absolute atomic E-state index is 13.5. The van der Waals surface area contributed by atoms with Gasteiger partial charge in [0.15, 0.2) is 0 Å². The zero-order valence-corrected chi connectivity index (χ0v) is 18.8. The third-order valence-corrected chi connectivity index (χ3v) is 6.49. The molecule has 0 aromatic heterocycles. The summed E-state index contributed by atoms with van der Waals surface area (Å²) in [6.07, 6.45) is 2.43. The van der Waals surface area contributed by atoms with Gasteiger partial charge in [0.2, 0.25) is 0 Å². The van der Waals surface area contributed by atoms with E-state index < -0.39 is 17.8 Å². The number of hydrogen-bond donors (Lipinski definition) is 1. The number of nitrogens with one attached hydrogen (secondary N) is 1. The van der Waals surface area contributed by atoms with Crippen molar-refractivity contribution in [2.24, 2.45) is 5.92 Å². The number of fused-ring (bicyclic) bond motifs is 1. The van der Waals surface area contributed by atoms with Crippen LogP contribution < -0.4 is 5.32 Å². The average Bonchev–Trinajstić information content (AvgIpc) is 2.73. The highest BCUT2D eigenvalue weighted by Crippen LogP contribution is 2.47. The van der Waals surface area contributed by atoms with E-state index in [4.69, 9.17) is 27.9 Å². The molecule has 2 aliphatic rings. The van der Waals surface area contributed by atoms with Crippen LogP contribution in [0.2, 0.25) is 10.0 Å². The summed E-state index contributed by atoms with van der Waals surface area (Å²) in [5, 5.41) is 4.50. The molecule has 0 saturated heterocycles. The van der Waals surface area contributed by atoms with Crippen molar-refractivity contribution >= 4 is 35.0 Å². The molecular weight excluding hydrogens is 433 g/mol. The van der Waals surface area contributed by atoms with Crippen LogP contribution in [-0.4, -0.2) is 18.4 Å². The van der Waals surface area contributed by atoms with E-state index in [0.717, 1.165) is 16.8 Å². The lowest BCUT2D eigenvalue weighted by Crippen LogP contribution is -2.42. The Morgan fingerprint density at radius 1 is 1.10 bits per heavy atom. The number of carbonyl (C=O) groups is 2. The minimum Gasteiger partial charge on any atom is -0.463 e. The van der Waals surface area contributed by atoms with Crippen LogP contribution in [0.25, 0.3) is 0 Å². The van der Waals surface area contributed by atoms with Gasteiger partial charge < -0.3 is 10.1 Å². The van der Waals surface area contributed by atoms with E-state index in [9.17, 15) is 9.59 Å². The van der Waals surface area contributed by atoms with Gasteiger partial charge in [-0.15, -0.1) is 0 Å². The first kappa shape index (κ1) is 21.7. The van der Waals surface area contributed by atoms with Gasteiger partial charge in [-0.25, -0.2) is 4.79 Å². The number of allylic oxidation sites excluding steroid dienone is 3. The summed E-state index contributed by atoms with van der Waals surface area (Å²) < 4.78 is 5.34. The van der Waals surface area contributed by atoms with Gasteiger partial charge in [0.1, 0.15) is 5.78 Å². The smallest absolute Gasteiger partial charge is 0.336 e. The number of Topliss-reactive ketones (excluding diaryl/α,β-unsaturated/α-hetero) is 1. The monoisotopic (exact) mass is 455 g/mol. The van der Waals surface area contributed by atoms with E-state index >= 15 is 0 Å². The molecule has 0 amide bonds. The first-order valence-corrected chi connectivity index (χ1v) is 11.1. The van der Waals surface area contributed by atoms with Crippen LogP contribution in [0.4, 0.5) is 0 Å². The van der Waals surface area contributed by atoms with E-state index in [-0.39, 0.29) is 18.3 Å². The summed E-state index contributed by atoms with van der Waals surface area (Å²) in [6, 6.07) is 14.9. The summed E-state index contributed by atoms with van der Waals surface area (Å²) >= 11 is 12.6. The molecular formula is C25H23Cl2NO3. The predicted octanol–water partition coefficient (Wildman–Crippen LogP) is 5.77. The number of hydrogen-bond acceptors (Lipinski definition) is 4. The largest absolute Gasteiger partial charge is 0.463 e. The van der Waals surface area contributed by atoms with Crippen molar-refractivity contribution in [2.75, 3.05) is 6.61 Å². The third kappa shape index (κ3) is 4.15. The Hall–Kier alpha value is -2.56. The fraction of sp³-hybridized carbons (Fsp3) is 0.280. The maximum atomic E-state index is 13.5. The third-order valence-electron chi connectivity index (χ3n) is 5.90. The van der Waals surface area contributed by atoms with Crippen LogP contribution in [0.5, 0.6) is 0 Å². The van der Waals surface area contributed by atoms with Gasteiger partial charge in [-0.3, -0.25) is 4.79 Å². The highest BCUT2D eigenvalue weighted by molar-refractivity contribution is 6.31. The summed E-state index contributed by atoms with van der Waals surface area (Å²) in [5.41, 5.74) is 3.71. The molecule has 0 spiro atoms. The zero-order valence-electron chi connectivity index (χ0n) is 17.3. The lowest BCUT2D eigenvalue weighted by atomic mass is 9.68. The Morgan fingerprint density at radius 3 is 2.48 bits per heavy atom. The molecule has 1 N–H and O–H groups in total. The number of ketones is 1. The Labute approximate surface area is 191 Å². The van der Waals surface area contributed by atoms with Crippen LogP contribution in [0.15, 0.2) is 71.6 Å². The van der Waals surface area contributed by atoms with Crippen molar-refractivity contribution in [3.05, 3.63) is 92.7 Å². The van der Waals surface area contributed by atoms with Crippen molar-refractivity contribution in [3.8, 4) is 0 Å². The molecule has 1 aliphatic heterocycles. The quantitative estimate of drug-likeness (QED) is 0.594. The van der Waals surface area contributed by atoms with E-state index in [0.29, 0.717) is 27.7 Å². The second-order valence-electron chi connectivity index (χ2n) is 7.81. The number of ether oxygens (including phenoxy) is 1. The molecule has 6 heteroatoms. The lowest BCUT2D eigenvalue weighted by molar-refractivity contribution is -0.139. The topological polar surface area (TPSA) is 55.4 Å². The van der Waals surface area contributed by atoms with E-state index in [1.807, 2.05) is 49.4 Å². The molecule has 2 aromatic carbocycles. The van der Waals surface area contributed by atoms with Crippen molar-refractivity contribution < 1.29 is 14.3 Å². The summed E-state index contributed by atoms with van der Waals surface area (Å²) in [6.45, 7) is 3.86. The van der Waals surface area contributed by atoms with Gasteiger partial charge in [-0.1, -0.05) is 59.6 Å². The minimum absolute atomic E-state index is 0.0594. The molecule has 1 aliphatic carbocycles.